The number of nitrogens with one attached hydrogen (secondary N) is 1. The summed E-state index contributed by atoms with van der Waals surface area (Å²) < 4.78 is 39.8. The highest BCUT2D eigenvalue weighted by atomic mass is 35.5. The van der Waals surface area contributed by atoms with Gasteiger partial charge in [0.2, 0.25) is 0 Å². The van der Waals surface area contributed by atoms with E-state index in [1.807, 2.05) is 6.92 Å². The standard InChI is InChI=1S/C30H28ClN3O5S/c1-21-11-17-25(18-12-21)40(36,37)34(20-22-13-15-24(31)16-14-22)27-9-5-4-8-26(27)30(35)33-32-19-23-7-6-10-28(38-2)29(23)39-3/h4-19H,20H2,1-3H3,(H,33,35)/b32-19-. The molecule has 0 fully saturated rings. The summed E-state index contributed by atoms with van der Waals surface area (Å²) >= 11 is 6.05. The molecule has 1 N–H and O–H groups in total. The molecule has 0 aromatic heterocycles. The van der Waals surface area contributed by atoms with Crippen LogP contribution in [-0.4, -0.2) is 34.8 Å². The van der Waals surface area contributed by atoms with Gasteiger partial charge >= 0.3 is 0 Å². The summed E-state index contributed by atoms with van der Waals surface area (Å²) in [6.45, 7) is 1.85. The van der Waals surface area contributed by atoms with Crippen molar-refractivity contribution in [2.24, 2.45) is 5.10 Å². The van der Waals surface area contributed by atoms with Crippen LogP contribution in [0.2, 0.25) is 5.02 Å². The molecule has 0 aliphatic heterocycles. The number of hydrazone groups is 1. The van der Waals surface area contributed by atoms with Gasteiger partial charge in [-0.3, -0.25) is 9.10 Å². The van der Waals surface area contributed by atoms with Crippen LogP contribution in [0.25, 0.3) is 0 Å². The molecule has 4 aromatic carbocycles. The highest BCUT2D eigenvalue weighted by Crippen LogP contribution is 2.31. The second kappa shape index (κ2) is 12.7. The van der Waals surface area contributed by atoms with Gasteiger partial charge < -0.3 is 9.47 Å². The number of hydrogen-bond donors (Lipinski definition) is 1. The van der Waals surface area contributed by atoms with Crippen molar-refractivity contribution in [3.63, 3.8) is 0 Å². The van der Waals surface area contributed by atoms with E-state index in [2.05, 4.69) is 10.5 Å². The maximum absolute atomic E-state index is 13.9. The Labute approximate surface area is 238 Å². The number of aryl methyl sites for hydroxylation is 1. The van der Waals surface area contributed by atoms with Gasteiger partial charge in [0.05, 0.1) is 43.1 Å². The van der Waals surface area contributed by atoms with Gasteiger partial charge in [-0.15, -0.1) is 0 Å². The van der Waals surface area contributed by atoms with Crippen LogP contribution in [0.15, 0.2) is 101 Å². The molecule has 206 valence electrons. The zero-order chi connectivity index (χ0) is 28.7. The second-order valence-corrected chi connectivity index (χ2v) is 11.0. The van der Waals surface area contributed by atoms with Crippen LogP contribution in [0.3, 0.4) is 0 Å². The van der Waals surface area contributed by atoms with Gasteiger partial charge in [-0.2, -0.15) is 5.10 Å². The molecule has 8 nitrogen and oxygen atoms in total. The van der Waals surface area contributed by atoms with Crippen molar-refractivity contribution < 1.29 is 22.7 Å². The van der Waals surface area contributed by atoms with Gasteiger partial charge in [0.15, 0.2) is 11.5 Å². The summed E-state index contributed by atoms with van der Waals surface area (Å²) in [4.78, 5) is 13.4. The number of ether oxygens (including phenoxy) is 2. The number of amides is 1. The minimum Gasteiger partial charge on any atom is -0.493 e. The summed E-state index contributed by atoms with van der Waals surface area (Å²) in [7, 11) is -1.03. The fourth-order valence-electron chi connectivity index (χ4n) is 4.01. The maximum atomic E-state index is 13.9. The first-order chi connectivity index (χ1) is 19.2. The van der Waals surface area contributed by atoms with Crippen LogP contribution >= 0.6 is 11.6 Å². The molecule has 0 spiro atoms. The monoisotopic (exact) mass is 577 g/mol. The molecule has 0 heterocycles. The zero-order valence-corrected chi connectivity index (χ0v) is 23.7. The smallest absolute Gasteiger partial charge is 0.273 e. The molecular formula is C30H28ClN3O5S. The summed E-state index contributed by atoms with van der Waals surface area (Å²) in [5.74, 6) is 0.387. The number of benzene rings is 4. The first-order valence-corrected chi connectivity index (χ1v) is 14.0. The number of hydrogen-bond acceptors (Lipinski definition) is 6. The lowest BCUT2D eigenvalue weighted by Gasteiger charge is -2.26. The molecule has 4 aromatic rings. The van der Waals surface area contributed by atoms with Crippen molar-refractivity contribution in [3.8, 4) is 11.5 Å². The Morgan fingerprint density at radius 3 is 2.30 bits per heavy atom. The molecule has 1 amide bonds. The quantitative estimate of drug-likeness (QED) is 0.189. The summed E-state index contributed by atoms with van der Waals surface area (Å²) in [6, 6.07) is 25.2. The van der Waals surface area contributed by atoms with Crippen LogP contribution in [0.4, 0.5) is 5.69 Å². The Hall–Kier alpha value is -4.34. The summed E-state index contributed by atoms with van der Waals surface area (Å²) in [5.41, 5.74) is 5.02. The van der Waals surface area contributed by atoms with Crippen LogP contribution in [0, 0.1) is 6.92 Å². The van der Waals surface area contributed by atoms with E-state index < -0.39 is 15.9 Å². The SMILES string of the molecule is COc1cccc(/C=N\NC(=O)c2ccccc2N(Cc2ccc(Cl)cc2)S(=O)(=O)c2ccc(C)cc2)c1OC. The van der Waals surface area contributed by atoms with Crippen molar-refractivity contribution in [2.45, 2.75) is 18.4 Å². The number of carbonyl (C=O) groups excluding carboxylic acids is 1. The maximum Gasteiger partial charge on any atom is 0.273 e. The number of rotatable bonds is 10. The molecule has 10 heteroatoms. The molecule has 4 rings (SSSR count). The average Bonchev–Trinajstić information content (AvgIpc) is 2.96. The molecule has 0 aliphatic carbocycles. The van der Waals surface area contributed by atoms with E-state index in [0.717, 1.165) is 5.56 Å². The third kappa shape index (κ3) is 6.44. The van der Waals surface area contributed by atoms with Crippen molar-refractivity contribution >= 4 is 39.4 Å². The average molecular weight is 578 g/mol. The number of para-hydroxylation sites is 2. The Kier molecular flexibility index (Phi) is 9.08. The summed E-state index contributed by atoms with van der Waals surface area (Å²) in [6.07, 6.45) is 1.43. The number of halogens is 1. The van der Waals surface area contributed by atoms with Crippen LogP contribution < -0.4 is 19.2 Å². The molecule has 0 aliphatic rings. The highest BCUT2D eigenvalue weighted by Gasteiger charge is 2.28. The minimum atomic E-state index is -4.06. The Morgan fingerprint density at radius 1 is 0.925 bits per heavy atom. The molecule has 0 bridgehead atoms. The normalized spacial score (nSPS) is 11.3. The van der Waals surface area contributed by atoms with Crippen LogP contribution in [0.1, 0.15) is 27.0 Å². The van der Waals surface area contributed by atoms with Gasteiger partial charge in [-0.05, 0) is 61.0 Å². The summed E-state index contributed by atoms with van der Waals surface area (Å²) in [5, 5.41) is 4.61. The van der Waals surface area contributed by atoms with Crippen molar-refractivity contribution in [3.05, 3.63) is 118 Å². The van der Waals surface area contributed by atoms with Crippen molar-refractivity contribution in [2.75, 3.05) is 18.5 Å². The van der Waals surface area contributed by atoms with E-state index in [4.69, 9.17) is 21.1 Å². The van der Waals surface area contributed by atoms with Crippen LogP contribution in [0.5, 0.6) is 11.5 Å². The topological polar surface area (TPSA) is 97.3 Å². The fourth-order valence-corrected chi connectivity index (χ4v) is 5.61. The van der Waals surface area contributed by atoms with E-state index >= 15 is 0 Å². The van der Waals surface area contributed by atoms with E-state index in [-0.39, 0.29) is 22.7 Å². The number of carbonyl (C=O) groups is 1. The molecule has 40 heavy (non-hydrogen) atoms. The van der Waals surface area contributed by atoms with E-state index in [9.17, 15) is 13.2 Å². The highest BCUT2D eigenvalue weighted by molar-refractivity contribution is 7.92. The van der Waals surface area contributed by atoms with Gasteiger partial charge in [0.25, 0.3) is 15.9 Å². The Morgan fingerprint density at radius 2 is 1.62 bits per heavy atom. The second-order valence-electron chi connectivity index (χ2n) is 8.75. The van der Waals surface area contributed by atoms with Gasteiger partial charge in [0, 0.05) is 10.6 Å². The molecule has 0 saturated heterocycles. The first kappa shape index (κ1) is 28.7. The van der Waals surface area contributed by atoms with Crippen LogP contribution in [-0.2, 0) is 16.6 Å². The lowest BCUT2D eigenvalue weighted by Crippen LogP contribution is -2.33. The zero-order valence-electron chi connectivity index (χ0n) is 22.2. The van der Waals surface area contributed by atoms with Crippen molar-refractivity contribution in [1.82, 2.24) is 5.43 Å². The molecule has 0 unspecified atom stereocenters. The molecule has 0 saturated carbocycles. The lowest BCUT2D eigenvalue weighted by molar-refractivity contribution is 0.0955. The molecular weight excluding hydrogens is 550 g/mol. The first-order valence-electron chi connectivity index (χ1n) is 12.2. The third-order valence-electron chi connectivity index (χ3n) is 6.07. The van der Waals surface area contributed by atoms with E-state index in [1.165, 1.54) is 24.7 Å². The van der Waals surface area contributed by atoms with Crippen molar-refractivity contribution in [1.29, 1.82) is 0 Å². The van der Waals surface area contributed by atoms with E-state index in [0.29, 0.717) is 27.6 Å². The largest absolute Gasteiger partial charge is 0.493 e. The van der Waals surface area contributed by atoms with Gasteiger partial charge in [-0.1, -0.05) is 59.6 Å². The molecule has 0 atom stereocenters. The van der Waals surface area contributed by atoms with E-state index in [1.54, 1.807) is 91.0 Å². The third-order valence-corrected chi connectivity index (χ3v) is 8.09. The number of anilines is 1. The Balaban J connectivity index is 1.70. The predicted octanol–water partition coefficient (Wildman–Crippen LogP) is 5.83. The number of nitrogens with zero attached hydrogens (tertiary/aromatic N) is 2. The Bertz CT molecular complexity index is 1620. The number of sulfonamides is 1. The number of methoxy groups -OCH3 is 2. The fraction of sp³-hybridized carbons (Fsp3) is 0.133. The minimum absolute atomic E-state index is 0.0258. The lowest BCUT2D eigenvalue weighted by atomic mass is 10.1. The van der Waals surface area contributed by atoms with Gasteiger partial charge in [0.1, 0.15) is 0 Å². The predicted molar refractivity (Wildman–Crippen MR) is 157 cm³/mol. The van der Waals surface area contributed by atoms with Gasteiger partial charge in [-0.25, -0.2) is 13.8 Å². The molecule has 0 radical (unpaired) electrons.